The van der Waals surface area contributed by atoms with Crippen molar-refractivity contribution in [3.05, 3.63) is 0 Å². The molecular weight excluding hydrogens is 165 g/mol. The van der Waals surface area contributed by atoms with Gasteiger partial charge in [0.1, 0.15) is 0 Å². The molecule has 0 amide bonds. The minimum atomic E-state index is -0.388. The fourth-order valence-corrected chi connectivity index (χ4v) is 4.97. The topological polar surface area (TPSA) is 12.0 Å². The second-order valence-electron chi connectivity index (χ2n) is 2.89. The van der Waals surface area contributed by atoms with Crippen molar-refractivity contribution < 1.29 is 29.6 Å². The second kappa shape index (κ2) is 7.07. The van der Waals surface area contributed by atoms with Crippen molar-refractivity contribution in [1.29, 1.82) is 0 Å². The van der Waals surface area contributed by atoms with Crippen LogP contribution in [0.2, 0.25) is 12.1 Å². The summed E-state index contributed by atoms with van der Waals surface area (Å²) in [5.41, 5.74) is 0. The van der Waals surface area contributed by atoms with Gasteiger partial charge in [-0.1, -0.05) is 25.7 Å². The van der Waals surface area contributed by atoms with E-state index in [1.54, 1.807) is 12.1 Å². The maximum absolute atomic E-state index is 3.51. The third-order valence-electron chi connectivity index (χ3n) is 2.14. The van der Waals surface area contributed by atoms with Crippen LogP contribution in [0.3, 0.4) is 0 Å². The maximum atomic E-state index is 3.51. The normalized spacial score (nSPS) is 21.3. The van der Waals surface area contributed by atoms with Gasteiger partial charge >= 0.3 is 29.6 Å². The summed E-state index contributed by atoms with van der Waals surface area (Å²) < 4.78 is 3.51. The van der Waals surface area contributed by atoms with Gasteiger partial charge in [0.25, 0.3) is 0 Å². The second-order valence-corrected chi connectivity index (χ2v) is 7.07. The summed E-state index contributed by atoms with van der Waals surface area (Å²) in [6.07, 6.45) is 5.99. The van der Waals surface area contributed by atoms with Gasteiger partial charge in [0.15, 0.2) is 0 Å². The molecular formula is C6H16NNaSi2. The van der Waals surface area contributed by atoms with E-state index in [0.29, 0.717) is 0 Å². The van der Waals surface area contributed by atoms with Crippen molar-refractivity contribution in [3.8, 4) is 0 Å². The molecule has 1 aliphatic rings. The first kappa shape index (κ1) is 11.4. The van der Waals surface area contributed by atoms with Gasteiger partial charge in [0.2, 0.25) is 0 Å². The molecule has 0 aliphatic carbocycles. The zero-order valence-corrected chi connectivity index (χ0v) is 11.6. The minimum absolute atomic E-state index is 0. The van der Waals surface area contributed by atoms with Crippen LogP contribution in [-0.4, -0.2) is 19.4 Å². The summed E-state index contributed by atoms with van der Waals surface area (Å²) in [4.78, 5) is 0. The van der Waals surface area contributed by atoms with Gasteiger partial charge < -0.3 is 4.65 Å². The maximum Gasteiger partial charge on any atom is 1.00 e. The number of hydrogen-bond acceptors (Lipinski definition) is 1. The molecule has 0 saturated carbocycles. The molecule has 0 aromatic heterocycles. The Morgan fingerprint density at radius 1 is 1.00 bits per heavy atom. The zero-order valence-electron chi connectivity index (χ0n) is 7.03. The Balaban J connectivity index is 0.000000810. The van der Waals surface area contributed by atoms with Gasteiger partial charge in [-0.25, -0.2) is 10.4 Å². The Morgan fingerprint density at radius 3 is 1.90 bits per heavy atom. The molecule has 0 spiro atoms. The van der Waals surface area contributed by atoms with Crippen molar-refractivity contribution in [1.82, 2.24) is 4.65 Å². The van der Waals surface area contributed by atoms with E-state index < -0.39 is 0 Å². The molecule has 54 valence electrons. The molecule has 0 aromatic carbocycles. The first-order valence-corrected chi connectivity index (χ1v) is 6.88. The van der Waals surface area contributed by atoms with Gasteiger partial charge in [-0.2, -0.15) is 0 Å². The summed E-state index contributed by atoms with van der Waals surface area (Å²) in [6, 6.07) is 3.09. The first-order chi connectivity index (χ1) is 4.43. The molecule has 1 rings (SSSR count). The molecule has 0 atom stereocenters. The molecule has 10 heavy (non-hydrogen) atoms. The van der Waals surface area contributed by atoms with Crippen molar-refractivity contribution in [2.75, 3.05) is 0 Å². The minimum Gasteiger partial charge on any atom is -0.517 e. The molecule has 1 saturated heterocycles. The van der Waals surface area contributed by atoms with Crippen LogP contribution in [0, 0.1) is 0 Å². The molecule has 0 radical (unpaired) electrons. The Labute approximate surface area is 90.8 Å². The van der Waals surface area contributed by atoms with Crippen molar-refractivity contribution in [2.45, 2.75) is 37.8 Å². The van der Waals surface area contributed by atoms with Gasteiger partial charge in [-0.3, -0.25) is 0 Å². The monoisotopic (exact) mass is 181 g/mol. The average Bonchev–Trinajstić information content (AvgIpc) is 2.13. The van der Waals surface area contributed by atoms with Gasteiger partial charge in [-0.15, -0.1) is 0 Å². The van der Waals surface area contributed by atoms with Crippen LogP contribution in [0.4, 0.5) is 0 Å². The van der Waals surface area contributed by atoms with Crippen molar-refractivity contribution in [2.24, 2.45) is 0 Å². The largest absolute Gasteiger partial charge is 1.00 e. The quantitative estimate of drug-likeness (QED) is 0.439. The van der Waals surface area contributed by atoms with Crippen LogP contribution < -0.4 is 34.2 Å². The summed E-state index contributed by atoms with van der Waals surface area (Å²) in [6.45, 7) is 0. The average molecular weight is 181 g/mol. The molecule has 1 nitrogen and oxygen atoms in total. The van der Waals surface area contributed by atoms with Crippen molar-refractivity contribution in [3.63, 3.8) is 0 Å². The fraction of sp³-hybridized carbons (Fsp3) is 1.00. The summed E-state index contributed by atoms with van der Waals surface area (Å²) in [5.74, 6) is 0. The summed E-state index contributed by atoms with van der Waals surface area (Å²) in [7, 11) is 1.57. The van der Waals surface area contributed by atoms with Crippen LogP contribution in [0.5, 0.6) is 0 Å². The van der Waals surface area contributed by atoms with E-state index in [1.807, 2.05) is 10.4 Å². The van der Waals surface area contributed by atoms with Crippen LogP contribution in [0.25, 0.3) is 0 Å². The summed E-state index contributed by atoms with van der Waals surface area (Å²) in [5, 5.41) is 0. The molecule has 0 aromatic rings. The standard InChI is InChI=1S/C6H16NSi2.Na/c8-7-9-5-3-1-2-4-6-9;/h7,9H,1-6,8H2;/q-1;+1. The molecule has 4 heteroatoms. The van der Waals surface area contributed by atoms with E-state index >= 15 is 0 Å². The van der Waals surface area contributed by atoms with Crippen molar-refractivity contribution >= 4 is 19.4 Å². The third kappa shape index (κ3) is 4.31. The van der Waals surface area contributed by atoms with Gasteiger partial charge in [0, 0.05) is 0 Å². The Kier molecular flexibility index (Phi) is 8.05. The molecule has 0 bridgehead atoms. The van der Waals surface area contributed by atoms with E-state index in [4.69, 9.17) is 0 Å². The van der Waals surface area contributed by atoms with E-state index in [9.17, 15) is 0 Å². The smallest absolute Gasteiger partial charge is 0.517 e. The third-order valence-corrected chi connectivity index (χ3v) is 6.66. The van der Waals surface area contributed by atoms with Crippen LogP contribution in [0.1, 0.15) is 25.7 Å². The van der Waals surface area contributed by atoms with E-state index in [-0.39, 0.29) is 38.5 Å². The summed E-state index contributed by atoms with van der Waals surface area (Å²) >= 11 is 0. The van der Waals surface area contributed by atoms with E-state index in [0.717, 1.165) is 0 Å². The van der Waals surface area contributed by atoms with Crippen LogP contribution in [-0.2, 0) is 0 Å². The van der Waals surface area contributed by atoms with E-state index in [1.165, 1.54) is 25.7 Å². The number of hydrogen-bond donors (Lipinski definition) is 1. The molecule has 0 unspecified atom stereocenters. The number of nitrogens with one attached hydrogen (secondary N) is 1. The van der Waals surface area contributed by atoms with Gasteiger partial charge in [0.05, 0.1) is 8.96 Å². The van der Waals surface area contributed by atoms with Crippen LogP contribution >= 0.6 is 0 Å². The predicted octanol–water partition coefficient (Wildman–Crippen LogP) is -2.57. The predicted molar refractivity (Wildman–Crippen MR) is 46.9 cm³/mol. The first-order valence-electron chi connectivity index (χ1n) is 3.96. The fourth-order valence-electron chi connectivity index (χ4n) is 1.48. The van der Waals surface area contributed by atoms with Crippen LogP contribution in [0.15, 0.2) is 0 Å². The SMILES string of the molecule is [Na+].[SiH2-]N[SiH]1CCCCCC1. The van der Waals surface area contributed by atoms with E-state index in [2.05, 4.69) is 4.65 Å². The zero-order chi connectivity index (χ0) is 6.53. The number of rotatable bonds is 1. The van der Waals surface area contributed by atoms with Gasteiger partial charge in [-0.05, 0) is 12.1 Å². The molecule has 1 N–H and O–H groups in total. The molecule has 1 aliphatic heterocycles. The molecule has 1 heterocycles. The molecule has 1 fully saturated rings. The Bertz CT molecular complexity index is 74.1. The Hall–Kier alpha value is 1.39. The Morgan fingerprint density at radius 2 is 1.50 bits per heavy atom.